The Morgan fingerprint density at radius 3 is 2.33 bits per heavy atom. The Kier molecular flexibility index (Phi) is 5.54. The molecule has 1 rings (SSSR count). The first kappa shape index (κ1) is 15.8. The summed E-state index contributed by atoms with van der Waals surface area (Å²) in [6.07, 6.45) is 0. The van der Waals surface area contributed by atoms with Gasteiger partial charge >= 0.3 is 0 Å². The molecule has 1 saturated heterocycles. The van der Waals surface area contributed by atoms with Crippen LogP contribution in [0.15, 0.2) is 0 Å². The van der Waals surface area contributed by atoms with Gasteiger partial charge in [-0.3, -0.25) is 4.90 Å². The van der Waals surface area contributed by atoms with Crippen LogP contribution in [0.3, 0.4) is 0 Å². The smallest absolute Gasteiger partial charge is 0.279 e. The molecule has 1 aliphatic rings. The SMILES string of the molecule is CN(CCN1CCNCC1)S(=O)(=O)NC(C)(C)C. The third kappa shape index (κ3) is 5.62. The minimum Gasteiger partial charge on any atom is -0.314 e. The van der Waals surface area contributed by atoms with E-state index in [1.54, 1.807) is 7.05 Å². The Morgan fingerprint density at radius 1 is 1.28 bits per heavy atom. The highest BCUT2D eigenvalue weighted by Gasteiger charge is 2.24. The highest BCUT2D eigenvalue weighted by Crippen LogP contribution is 2.05. The van der Waals surface area contributed by atoms with Gasteiger partial charge in [0.25, 0.3) is 10.2 Å². The lowest BCUT2D eigenvalue weighted by Gasteiger charge is -2.30. The largest absolute Gasteiger partial charge is 0.314 e. The molecule has 0 aromatic carbocycles. The van der Waals surface area contributed by atoms with E-state index in [4.69, 9.17) is 0 Å². The summed E-state index contributed by atoms with van der Waals surface area (Å²) in [4.78, 5) is 2.28. The molecular weight excluding hydrogens is 252 g/mol. The van der Waals surface area contributed by atoms with Gasteiger partial charge in [0.2, 0.25) is 0 Å². The van der Waals surface area contributed by atoms with Crippen LogP contribution in [0.4, 0.5) is 0 Å². The molecular formula is C11H26N4O2S. The normalized spacial score (nSPS) is 19.4. The lowest BCUT2D eigenvalue weighted by atomic mass is 10.1. The van der Waals surface area contributed by atoms with E-state index < -0.39 is 15.7 Å². The Labute approximate surface area is 111 Å². The number of piperazine rings is 1. The summed E-state index contributed by atoms with van der Waals surface area (Å²) in [6.45, 7) is 10.8. The van der Waals surface area contributed by atoms with Crippen LogP contribution in [0.2, 0.25) is 0 Å². The fourth-order valence-corrected chi connectivity index (χ4v) is 3.05. The summed E-state index contributed by atoms with van der Waals surface area (Å²) in [5.41, 5.74) is -0.442. The number of hydrogen-bond acceptors (Lipinski definition) is 4. The van der Waals surface area contributed by atoms with Crippen LogP contribution in [-0.2, 0) is 10.2 Å². The van der Waals surface area contributed by atoms with Crippen molar-refractivity contribution >= 4 is 10.2 Å². The van der Waals surface area contributed by atoms with Gasteiger partial charge in [-0.1, -0.05) is 0 Å². The molecule has 0 saturated carbocycles. The molecule has 0 aromatic heterocycles. The molecule has 18 heavy (non-hydrogen) atoms. The second-order valence-corrected chi connectivity index (χ2v) is 7.55. The molecule has 0 spiro atoms. The first-order chi connectivity index (χ1) is 8.21. The second-order valence-electron chi connectivity index (χ2n) is 5.77. The molecule has 0 amide bonds. The van der Waals surface area contributed by atoms with E-state index >= 15 is 0 Å². The van der Waals surface area contributed by atoms with E-state index in [1.165, 1.54) is 4.31 Å². The summed E-state index contributed by atoms with van der Waals surface area (Å²) in [5, 5.41) is 3.28. The summed E-state index contributed by atoms with van der Waals surface area (Å²) in [7, 11) is -1.76. The van der Waals surface area contributed by atoms with E-state index in [0.29, 0.717) is 6.54 Å². The highest BCUT2D eigenvalue weighted by molar-refractivity contribution is 7.87. The summed E-state index contributed by atoms with van der Waals surface area (Å²) in [6, 6.07) is 0. The first-order valence-electron chi connectivity index (χ1n) is 6.39. The molecule has 6 nitrogen and oxygen atoms in total. The molecule has 0 aliphatic carbocycles. The molecule has 1 fully saturated rings. The number of hydrogen-bond donors (Lipinski definition) is 2. The zero-order chi connectivity index (χ0) is 13.8. The fourth-order valence-electron chi connectivity index (χ4n) is 1.80. The van der Waals surface area contributed by atoms with Crippen LogP contribution in [-0.4, -0.2) is 69.5 Å². The maximum atomic E-state index is 12.0. The standard InChI is InChI=1S/C11H26N4O2S/c1-11(2,3)13-18(16,17)14(4)9-10-15-7-5-12-6-8-15/h12-13H,5-10H2,1-4H3. The molecule has 0 atom stereocenters. The van der Waals surface area contributed by atoms with Crippen LogP contribution in [0, 0.1) is 0 Å². The number of rotatable bonds is 5. The molecule has 2 N–H and O–H groups in total. The van der Waals surface area contributed by atoms with Gasteiger partial charge in [0, 0.05) is 51.9 Å². The van der Waals surface area contributed by atoms with Crippen LogP contribution in [0.1, 0.15) is 20.8 Å². The molecule has 1 aliphatic heterocycles. The van der Waals surface area contributed by atoms with Crippen molar-refractivity contribution in [2.45, 2.75) is 26.3 Å². The predicted molar refractivity (Wildman–Crippen MR) is 73.7 cm³/mol. The van der Waals surface area contributed by atoms with E-state index in [2.05, 4.69) is 14.9 Å². The molecule has 1 heterocycles. The van der Waals surface area contributed by atoms with E-state index in [0.717, 1.165) is 32.7 Å². The lowest BCUT2D eigenvalue weighted by Crippen LogP contribution is -2.50. The second kappa shape index (κ2) is 6.29. The molecule has 0 bridgehead atoms. The summed E-state index contributed by atoms with van der Waals surface area (Å²) in [5.74, 6) is 0. The van der Waals surface area contributed by atoms with Gasteiger partial charge in [-0.15, -0.1) is 0 Å². The zero-order valence-corrected chi connectivity index (χ0v) is 12.7. The van der Waals surface area contributed by atoms with Crippen molar-refractivity contribution in [2.24, 2.45) is 0 Å². The van der Waals surface area contributed by atoms with Crippen LogP contribution < -0.4 is 10.0 Å². The monoisotopic (exact) mass is 278 g/mol. The van der Waals surface area contributed by atoms with Gasteiger partial charge < -0.3 is 5.32 Å². The van der Waals surface area contributed by atoms with Gasteiger partial charge in [-0.25, -0.2) is 0 Å². The maximum Gasteiger partial charge on any atom is 0.279 e. The van der Waals surface area contributed by atoms with Crippen molar-refractivity contribution in [3.05, 3.63) is 0 Å². The predicted octanol–water partition coefficient (Wildman–Crippen LogP) is -0.544. The fraction of sp³-hybridized carbons (Fsp3) is 1.00. The van der Waals surface area contributed by atoms with Crippen molar-refractivity contribution in [3.63, 3.8) is 0 Å². The van der Waals surface area contributed by atoms with Crippen molar-refractivity contribution in [2.75, 3.05) is 46.3 Å². The Bertz CT molecular complexity index is 345. The van der Waals surface area contributed by atoms with Crippen molar-refractivity contribution in [1.29, 1.82) is 0 Å². The minimum atomic E-state index is -3.38. The summed E-state index contributed by atoms with van der Waals surface area (Å²) >= 11 is 0. The van der Waals surface area contributed by atoms with Crippen molar-refractivity contribution in [3.8, 4) is 0 Å². The number of nitrogens with zero attached hydrogens (tertiary/aromatic N) is 2. The maximum absolute atomic E-state index is 12.0. The third-order valence-corrected chi connectivity index (χ3v) is 4.66. The topological polar surface area (TPSA) is 64.7 Å². The van der Waals surface area contributed by atoms with E-state index in [1.807, 2.05) is 20.8 Å². The van der Waals surface area contributed by atoms with Gasteiger partial charge in [-0.2, -0.15) is 17.4 Å². The molecule has 0 unspecified atom stereocenters. The van der Waals surface area contributed by atoms with Crippen molar-refractivity contribution < 1.29 is 8.42 Å². The van der Waals surface area contributed by atoms with Crippen LogP contribution in [0.25, 0.3) is 0 Å². The van der Waals surface area contributed by atoms with Crippen molar-refractivity contribution in [1.82, 2.24) is 19.2 Å². The van der Waals surface area contributed by atoms with Gasteiger partial charge in [0.1, 0.15) is 0 Å². The van der Waals surface area contributed by atoms with E-state index in [-0.39, 0.29) is 0 Å². The Hall–Kier alpha value is -0.210. The van der Waals surface area contributed by atoms with Gasteiger partial charge in [0.05, 0.1) is 0 Å². The number of nitrogens with one attached hydrogen (secondary N) is 2. The molecule has 108 valence electrons. The minimum absolute atomic E-state index is 0.442. The highest BCUT2D eigenvalue weighted by atomic mass is 32.2. The first-order valence-corrected chi connectivity index (χ1v) is 7.83. The Balaban J connectivity index is 2.41. The average molecular weight is 278 g/mol. The lowest BCUT2D eigenvalue weighted by molar-refractivity contribution is 0.228. The molecule has 7 heteroatoms. The average Bonchev–Trinajstić information content (AvgIpc) is 2.24. The van der Waals surface area contributed by atoms with Gasteiger partial charge in [0.15, 0.2) is 0 Å². The van der Waals surface area contributed by atoms with Gasteiger partial charge in [-0.05, 0) is 20.8 Å². The van der Waals surface area contributed by atoms with Crippen LogP contribution in [0.5, 0.6) is 0 Å². The quantitative estimate of drug-likeness (QED) is 0.709. The molecule has 0 aromatic rings. The Morgan fingerprint density at radius 2 is 1.83 bits per heavy atom. The third-order valence-electron chi connectivity index (χ3n) is 2.79. The van der Waals surface area contributed by atoms with Crippen LogP contribution >= 0.6 is 0 Å². The zero-order valence-electron chi connectivity index (χ0n) is 11.9. The summed E-state index contributed by atoms with van der Waals surface area (Å²) < 4.78 is 28.0. The number of likely N-dealkylation sites (N-methyl/N-ethyl adjacent to an activating group) is 1. The van der Waals surface area contributed by atoms with E-state index in [9.17, 15) is 8.42 Å². The molecule has 0 radical (unpaired) electrons.